The predicted molar refractivity (Wildman–Crippen MR) is 111 cm³/mol. The monoisotopic (exact) mass is 392 g/mol. The normalized spacial score (nSPS) is 11.6. The minimum atomic E-state index is -0.493. The lowest BCUT2D eigenvalue weighted by atomic mass is 10.0. The van der Waals surface area contributed by atoms with Gasteiger partial charge in [0.15, 0.2) is 0 Å². The number of hydrogen-bond acceptors (Lipinski definition) is 5. The fourth-order valence-electron chi connectivity index (χ4n) is 3.28. The van der Waals surface area contributed by atoms with Gasteiger partial charge in [-0.25, -0.2) is 9.78 Å². The van der Waals surface area contributed by atoms with Gasteiger partial charge in [0.05, 0.1) is 29.1 Å². The Balaban J connectivity index is 2.07. The van der Waals surface area contributed by atoms with E-state index in [2.05, 4.69) is 10.4 Å². The van der Waals surface area contributed by atoms with Gasteiger partial charge in [-0.1, -0.05) is 18.2 Å². The van der Waals surface area contributed by atoms with Crippen LogP contribution in [0.4, 0.5) is 0 Å². The zero-order chi connectivity index (χ0) is 21.1. The molecule has 0 saturated carbocycles. The van der Waals surface area contributed by atoms with Crippen molar-refractivity contribution in [2.45, 2.75) is 27.7 Å². The quantitative estimate of drug-likeness (QED) is 0.531. The lowest BCUT2D eigenvalue weighted by Gasteiger charge is -2.11. The molecule has 7 nitrogen and oxygen atoms in total. The molecule has 0 bridgehead atoms. The lowest BCUT2D eigenvalue weighted by Crippen LogP contribution is -2.23. The molecule has 2 heterocycles. The number of benzene rings is 1. The number of allylic oxidation sites excluding steroid dienone is 1. The maximum absolute atomic E-state index is 13.0. The first kappa shape index (κ1) is 20.3. The maximum atomic E-state index is 13.0. The van der Waals surface area contributed by atoms with Crippen LogP contribution >= 0.6 is 0 Å². The van der Waals surface area contributed by atoms with Gasteiger partial charge < -0.3 is 10.1 Å². The van der Waals surface area contributed by atoms with Crippen LogP contribution in [0.2, 0.25) is 0 Å². The molecule has 29 heavy (non-hydrogen) atoms. The highest BCUT2D eigenvalue weighted by Crippen LogP contribution is 2.29. The topological polar surface area (TPSA) is 86.1 Å². The number of aryl methyl sites for hydroxylation is 2. The third-order valence-corrected chi connectivity index (χ3v) is 4.66. The second-order valence-electron chi connectivity index (χ2n) is 6.78. The summed E-state index contributed by atoms with van der Waals surface area (Å²) in [5, 5.41) is 7.95. The van der Waals surface area contributed by atoms with E-state index in [0.29, 0.717) is 22.5 Å². The smallest absolute Gasteiger partial charge is 0.332 e. The third kappa shape index (κ3) is 4.18. The van der Waals surface area contributed by atoms with Crippen molar-refractivity contribution in [3.05, 3.63) is 59.1 Å². The van der Waals surface area contributed by atoms with Crippen LogP contribution in [0.3, 0.4) is 0 Å². The summed E-state index contributed by atoms with van der Waals surface area (Å²) >= 11 is 0. The Bertz CT molecular complexity index is 1130. The van der Waals surface area contributed by atoms with E-state index in [1.807, 2.05) is 45.2 Å². The van der Waals surface area contributed by atoms with Crippen LogP contribution in [0, 0.1) is 13.8 Å². The molecule has 3 rings (SSSR count). The van der Waals surface area contributed by atoms with Gasteiger partial charge in [-0.15, -0.1) is 0 Å². The number of rotatable bonds is 5. The van der Waals surface area contributed by atoms with Gasteiger partial charge in [-0.05, 0) is 39.8 Å². The largest absolute Gasteiger partial charge is 0.463 e. The molecule has 0 spiro atoms. The molecular weight excluding hydrogens is 368 g/mol. The summed E-state index contributed by atoms with van der Waals surface area (Å²) in [7, 11) is 1.88. The van der Waals surface area contributed by atoms with Crippen LogP contribution in [0.25, 0.3) is 22.2 Å². The number of amides is 1. The minimum absolute atomic E-state index is 0.277. The van der Waals surface area contributed by atoms with Crippen molar-refractivity contribution in [2.75, 3.05) is 6.61 Å². The number of ether oxygens (including phenoxy) is 1. The molecule has 0 unspecified atom stereocenters. The van der Waals surface area contributed by atoms with E-state index in [9.17, 15) is 9.59 Å². The number of aromatic nitrogens is 3. The van der Waals surface area contributed by atoms with Crippen molar-refractivity contribution in [2.24, 2.45) is 7.05 Å². The van der Waals surface area contributed by atoms with E-state index in [1.165, 1.54) is 6.08 Å². The number of para-hydroxylation sites is 1. The van der Waals surface area contributed by atoms with Crippen molar-refractivity contribution >= 4 is 22.8 Å². The maximum Gasteiger partial charge on any atom is 0.332 e. The summed E-state index contributed by atoms with van der Waals surface area (Å²) in [4.78, 5) is 29.4. The Labute approximate surface area is 169 Å². The van der Waals surface area contributed by atoms with Gasteiger partial charge in [0.1, 0.15) is 0 Å². The summed E-state index contributed by atoms with van der Waals surface area (Å²) in [5.41, 5.74) is 5.00. The van der Waals surface area contributed by atoms with Gasteiger partial charge in [-0.3, -0.25) is 9.48 Å². The molecule has 1 aromatic carbocycles. The molecule has 0 aliphatic carbocycles. The molecule has 0 fully saturated rings. The predicted octanol–water partition coefficient (Wildman–Crippen LogP) is 3.45. The minimum Gasteiger partial charge on any atom is -0.463 e. The zero-order valence-electron chi connectivity index (χ0n) is 17.2. The van der Waals surface area contributed by atoms with Crippen LogP contribution < -0.4 is 5.32 Å². The van der Waals surface area contributed by atoms with Crippen LogP contribution in [0.5, 0.6) is 0 Å². The Morgan fingerprint density at radius 3 is 2.62 bits per heavy atom. The van der Waals surface area contributed by atoms with Crippen LogP contribution in [-0.4, -0.2) is 33.2 Å². The summed E-state index contributed by atoms with van der Waals surface area (Å²) in [6, 6.07) is 9.25. The summed E-state index contributed by atoms with van der Waals surface area (Å²) in [6.07, 6.45) is 1.26. The Morgan fingerprint density at radius 2 is 1.97 bits per heavy atom. The summed E-state index contributed by atoms with van der Waals surface area (Å²) in [5.74, 6) is -0.811. The molecule has 2 aromatic heterocycles. The Morgan fingerprint density at radius 1 is 1.24 bits per heavy atom. The van der Waals surface area contributed by atoms with Crippen molar-refractivity contribution in [1.29, 1.82) is 0 Å². The molecule has 1 N–H and O–H groups in total. The van der Waals surface area contributed by atoms with E-state index in [4.69, 9.17) is 9.72 Å². The van der Waals surface area contributed by atoms with Gasteiger partial charge in [0, 0.05) is 35.5 Å². The number of nitrogens with zero attached hydrogens (tertiary/aromatic N) is 3. The van der Waals surface area contributed by atoms with Crippen LogP contribution in [-0.2, 0) is 16.6 Å². The average Bonchev–Trinajstić information content (AvgIpc) is 2.92. The van der Waals surface area contributed by atoms with E-state index < -0.39 is 5.97 Å². The number of esters is 1. The van der Waals surface area contributed by atoms with E-state index in [0.717, 1.165) is 22.3 Å². The molecule has 0 radical (unpaired) electrons. The Kier molecular flexibility index (Phi) is 5.77. The summed E-state index contributed by atoms with van der Waals surface area (Å²) < 4.78 is 6.69. The van der Waals surface area contributed by atoms with Gasteiger partial charge in [0.2, 0.25) is 0 Å². The van der Waals surface area contributed by atoms with Gasteiger partial charge >= 0.3 is 5.97 Å². The van der Waals surface area contributed by atoms with E-state index >= 15 is 0 Å². The highest BCUT2D eigenvalue weighted by molar-refractivity contribution is 6.08. The van der Waals surface area contributed by atoms with Crippen LogP contribution in [0.15, 0.2) is 42.1 Å². The Hall–Kier alpha value is -3.48. The number of carbonyl (C=O) groups excluding carboxylic acids is 2. The second kappa shape index (κ2) is 8.26. The fourth-order valence-corrected chi connectivity index (χ4v) is 3.28. The molecule has 0 saturated heterocycles. The van der Waals surface area contributed by atoms with Crippen LogP contribution in [0.1, 0.15) is 35.6 Å². The number of nitrogens with one attached hydrogen (secondary N) is 1. The van der Waals surface area contributed by atoms with Gasteiger partial charge in [-0.2, -0.15) is 5.10 Å². The molecule has 150 valence electrons. The molecule has 0 atom stereocenters. The van der Waals surface area contributed by atoms with E-state index in [-0.39, 0.29) is 12.5 Å². The highest BCUT2D eigenvalue weighted by Gasteiger charge is 2.18. The first-order valence-corrected chi connectivity index (χ1v) is 9.38. The van der Waals surface area contributed by atoms with Gasteiger partial charge in [0.25, 0.3) is 5.91 Å². The first-order chi connectivity index (χ1) is 13.8. The van der Waals surface area contributed by atoms with Crippen molar-refractivity contribution in [1.82, 2.24) is 20.1 Å². The molecule has 1 amide bonds. The molecular formula is C22H24N4O3. The van der Waals surface area contributed by atoms with E-state index in [1.54, 1.807) is 24.6 Å². The standard InChI is InChI=1S/C22H24N4O3/c1-6-29-20(27)11-13(2)23-22(28)17-12-19(21-14(3)25-26(5)15(21)4)24-18-10-8-7-9-16(17)18/h7-12H,6H2,1-5H3,(H,23,28)/b13-11+. The van der Waals surface area contributed by atoms with Crippen molar-refractivity contribution in [3.8, 4) is 11.3 Å². The molecule has 0 aliphatic rings. The number of hydrogen-bond donors (Lipinski definition) is 1. The lowest BCUT2D eigenvalue weighted by molar-refractivity contribution is -0.137. The zero-order valence-corrected chi connectivity index (χ0v) is 17.2. The average molecular weight is 392 g/mol. The first-order valence-electron chi connectivity index (χ1n) is 9.38. The molecule has 3 aromatic rings. The number of pyridine rings is 1. The second-order valence-corrected chi connectivity index (χ2v) is 6.78. The third-order valence-electron chi connectivity index (χ3n) is 4.66. The molecule has 0 aliphatic heterocycles. The highest BCUT2D eigenvalue weighted by atomic mass is 16.5. The number of carbonyl (C=O) groups is 2. The number of fused-ring (bicyclic) bond motifs is 1. The summed E-state index contributed by atoms with van der Waals surface area (Å²) in [6.45, 7) is 7.54. The van der Waals surface area contributed by atoms with Crippen molar-refractivity contribution < 1.29 is 14.3 Å². The SMILES string of the molecule is CCOC(=O)/C=C(\C)NC(=O)c1cc(-c2c(C)nn(C)c2C)nc2ccccc12. The van der Waals surface area contributed by atoms with Crippen molar-refractivity contribution in [3.63, 3.8) is 0 Å². The molecule has 7 heteroatoms. The fraction of sp³-hybridized carbons (Fsp3) is 0.273.